The number of thioether (sulfide) groups is 5. The molecule has 622 valence electrons. The lowest BCUT2D eigenvalue weighted by Crippen LogP contribution is -2.33. The van der Waals surface area contributed by atoms with Gasteiger partial charge < -0.3 is 52.7 Å². The summed E-state index contributed by atoms with van der Waals surface area (Å²) in [6, 6.07) is 53.0. The molecule has 5 aromatic heterocycles. The van der Waals surface area contributed by atoms with Crippen molar-refractivity contribution in [3.8, 4) is 56.6 Å². The molecular weight excluding hydrogens is 1830 g/mol. The lowest BCUT2D eigenvalue weighted by molar-refractivity contribution is -0.140. The Labute approximate surface area is 755 Å². The number of halogens is 3. The van der Waals surface area contributed by atoms with Gasteiger partial charge in [-0.15, -0.1) is 0 Å². The molecule has 15 rings (SSSR count). The van der Waals surface area contributed by atoms with E-state index in [4.69, 9.17) is 149 Å². The molecule has 0 atom stereocenters. The zero-order chi connectivity index (χ0) is 87.9. The van der Waals surface area contributed by atoms with E-state index in [-0.39, 0.29) is 28.2 Å². The zero-order valence-electron chi connectivity index (χ0n) is 62.6. The summed E-state index contributed by atoms with van der Waals surface area (Å²) in [4.78, 5) is 122. The maximum absolute atomic E-state index is 12.2. The lowest BCUT2D eigenvalue weighted by Gasteiger charge is -2.09. The maximum Gasteiger partial charge on any atom is 0.323 e. The van der Waals surface area contributed by atoms with Gasteiger partial charge in [0.15, 0.2) is 0 Å². The first-order chi connectivity index (χ1) is 58.1. The summed E-state index contributed by atoms with van der Waals surface area (Å²) in [5.41, 5.74) is 7.43. The highest BCUT2D eigenvalue weighted by atomic mass is 35.5. The van der Waals surface area contributed by atoms with Gasteiger partial charge in [-0.25, -0.2) is 0 Å². The van der Waals surface area contributed by atoms with Crippen LogP contribution in [0.3, 0.4) is 0 Å². The quantitative estimate of drug-likeness (QED) is 0.0287. The van der Waals surface area contributed by atoms with Gasteiger partial charge in [-0.1, -0.05) is 233 Å². The molecule has 39 heteroatoms. The van der Waals surface area contributed by atoms with Crippen LogP contribution in [-0.4, -0.2) is 169 Å². The van der Waals surface area contributed by atoms with Gasteiger partial charge >= 0.3 is 29.8 Å². The first-order valence-electron chi connectivity index (χ1n) is 35.0. The van der Waals surface area contributed by atoms with Crippen LogP contribution in [0.25, 0.3) is 87.0 Å². The molecule has 5 amide bonds. The molecule has 5 aliphatic rings. The Bertz CT molecular complexity index is 5920. The maximum atomic E-state index is 12.2. The standard InChI is InChI=1S/C17H13NO5S2.2C17H13NO4S2.C16H9Cl2NO4S2.C16H10ClNO4S2/c19-9-10-1-3-11(4-2-10)13-6-5-12(23-13)7-14-16(22)18(8-15(20)21)17(24)25-14;1-10-2-4-11(5-3-10)13-7-6-12(22-13)8-14-16(21)18(9-15(19)20)17(23)24-14;1-10-3-2-4-11(7-10)13-6-5-12(22-13)8-14-16(21)18(9-15(19)20)17(23)24-14;17-10-3-1-8(5-11(10)18)12-4-2-9(23-12)6-13-15(22)19(7-14(20)21)16(24)25-13;17-10-3-1-9(2-4-10)12-6-5-11(22-12)7-13-15(21)18(8-14(19)20)16(23)24-13/h1-7,19H,8-9H2,(H,20,21);2*2-8H,9H2,1H3,(H,19,20);1-6H,7H2,(H,20,21);1-7H,8H2,(H,19,20)/b14-7-;2*14-8-;13-6-;13-7-. The van der Waals surface area contributed by atoms with Gasteiger partial charge in [-0.3, -0.25) is 72.4 Å². The second kappa shape index (κ2) is 41.7. The van der Waals surface area contributed by atoms with Crippen molar-refractivity contribution in [2.75, 3.05) is 32.7 Å². The molecule has 0 aliphatic carbocycles. The number of rotatable bonds is 21. The smallest absolute Gasteiger partial charge is 0.323 e. The number of hydrogen-bond acceptors (Lipinski definition) is 26. The van der Waals surface area contributed by atoms with Gasteiger partial charge in [0.25, 0.3) is 29.5 Å². The van der Waals surface area contributed by atoms with Gasteiger partial charge in [0, 0.05) is 63.2 Å². The van der Waals surface area contributed by atoms with Crippen LogP contribution in [0.4, 0.5) is 0 Å². The minimum atomic E-state index is -1.13. The first kappa shape index (κ1) is 91.7. The molecule has 5 aromatic carbocycles. The molecule has 5 fully saturated rings. The van der Waals surface area contributed by atoms with Crippen LogP contribution in [0, 0.1) is 13.8 Å². The average molecular weight is 1890 g/mol. The predicted molar refractivity (Wildman–Crippen MR) is 489 cm³/mol. The van der Waals surface area contributed by atoms with Crippen molar-refractivity contribution in [1.29, 1.82) is 0 Å². The fraction of sp³-hybridized carbons (Fsp3) is 0.0964. The van der Waals surface area contributed by atoms with Crippen LogP contribution >= 0.6 is 155 Å². The number of nitrogens with zero attached hydrogens (tertiary/aromatic N) is 5. The molecule has 10 aromatic rings. The minimum Gasteiger partial charge on any atom is -0.480 e. The van der Waals surface area contributed by atoms with Gasteiger partial charge in [0.2, 0.25) is 0 Å². The van der Waals surface area contributed by atoms with E-state index in [1.54, 1.807) is 115 Å². The summed E-state index contributed by atoms with van der Waals surface area (Å²) < 4.78 is 29.8. The van der Waals surface area contributed by atoms with E-state index >= 15 is 0 Å². The van der Waals surface area contributed by atoms with E-state index < -0.39 is 92.1 Å². The van der Waals surface area contributed by atoms with Crippen LogP contribution in [0.15, 0.2) is 223 Å². The number of thiocarbonyl (C=S) groups is 5. The van der Waals surface area contributed by atoms with Crippen molar-refractivity contribution >= 4 is 266 Å². The van der Waals surface area contributed by atoms with Crippen molar-refractivity contribution in [2.24, 2.45) is 0 Å². The fourth-order valence-corrected chi connectivity index (χ4v) is 17.6. The van der Waals surface area contributed by atoms with Crippen LogP contribution in [-0.2, 0) is 54.6 Å². The number of hydrogen-bond donors (Lipinski definition) is 6. The average Bonchev–Trinajstić information content (AvgIpc) is 1.69. The third-order valence-electron chi connectivity index (χ3n) is 16.7. The van der Waals surface area contributed by atoms with Gasteiger partial charge in [-0.05, 0) is 129 Å². The molecule has 0 radical (unpaired) electrons. The molecule has 0 spiro atoms. The highest BCUT2D eigenvalue weighted by Crippen LogP contribution is 2.40. The number of carboxylic acids is 5. The SMILES string of the molecule is Cc1ccc(-c2ccc(/C=C3\SC(=S)N(CC(=O)O)C3=O)o2)cc1.Cc1cccc(-c2ccc(/C=C3\SC(=S)N(CC(=O)O)C3=O)o2)c1.O=C(O)CN1C(=O)/C(=C/c2ccc(-c3ccc(CO)cc3)o2)SC1=S.O=C(O)CN1C(=O)/C(=C/c2ccc(-c3ccc(Cl)c(Cl)c3)o2)SC1=S.O=C(O)CN1C(=O)/C(=C/c2ccc(-c3ccc(Cl)cc3)o2)SC1=S. The Morgan fingerprint density at radius 2 is 0.590 bits per heavy atom. The summed E-state index contributed by atoms with van der Waals surface area (Å²) >= 11 is 48.3. The van der Waals surface area contributed by atoms with Gasteiger partial charge in [0.05, 0.1) is 41.2 Å². The van der Waals surface area contributed by atoms with Crippen molar-refractivity contribution < 1.29 is 101 Å². The van der Waals surface area contributed by atoms with Crippen molar-refractivity contribution in [3.63, 3.8) is 0 Å². The molecule has 10 heterocycles. The van der Waals surface area contributed by atoms with E-state index in [0.717, 1.165) is 128 Å². The van der Waals surface area contributed by atoms with E-state index in [0.29, 0.717) is 97.2 Å². The van der Waals surface area contributed by atoms with E-state index in [9.17, 15) is 47.9 Å². The zero-order valence-corrected chi connectivity index (χ0v) is 73.1. The van der Waals surface area contributed by atoms with E-state index in [2.05, 4.69) is 0 Å². The second-order valence-electron chi connectivity index (χ2n) is 25.5. The van der Waals surface area contributed by atoms with Crippen LogP contribution < -0.4 is 0 Å². The number of carboxylic acid groups (broad SMARTS) is 5. The summed E-state index contributed by atoms with van der Waals surface area (Å²) in [5.74, 6) is -2.09. The Hall–Kier alpha value is -11.1. The first-order valence-corrected chi connectivity index (χ1v) is 42.3. The van der Waals surface area contributed by atoms with E-state index in [1.165, 1.54) is 6.08 Å². The highest BCUT2D eigenvalue weighted by molar-refractivity contribution is 8.28. The number of benzene rings is 5. The van der Waals surface area contributed by atoms with Gasteiger partial charge in [-0.2, -0.15) is 0 Å². The molecule has 0 saturated carbocycles. The molecule has 5 aliphatic heterocycles. The third kappa shape index (κ3) is 24.2. The Balaban J connectivity index is 0.000000149. The van der Waals surface area contributed by atoms with Crippen LogP contribution in [0.1, 0.15) is 45.5 Å². The normalized spacial score (nSPS) is 16.1. The van der Waals surface area contributed by atoms with Gasteiger partial charge in [0.1, 0.15) is 112 Å². The number of aliphatic hydroxyl groups is 1. The summed E-state index contributed by atoms with van der Waals surface area (Å²) in [5, 5.41) is 54.7. The molecule has 5 saturated heterocycles. The van der Waals surface area contributed by atoms with Crippen molar-refractivity contribution in [1.82, 2.24) is 24.5 Å². The molecule has 0 unspecified atom stereocenters. The third-order valence-corrected chi connectivity index (χ3v) is 24.6. The molecular formula is C83H58Cl3N5O21S10. The van der Waals surface area contributed by atoms with Crippen molar-refractivity contribution in [3.05, 3.63) is 261 Å². The predicted octanol–water partition coefficient (Wildman–Crippen LogP) is 18.2. The van der Waals surface area contributed by atoms with E-state index in [1.807, 2.05) is 98.8 Å². The monoisotopic (exact) mass is 1880 g/mol. The Morgan fingerprint density at radius 1 is 0.328 bits per heavy atom. The molecule has 26 nitrogen and oxygen atoms in total. The topological polar surface area (TPSA) is 374 Å². The van der Waals surface area contributed by atoms with Crippen molar-refractivity contribution in [2.45, 2.75) is 20.5 Å². The minimum absolute atomic E-state index is 0.0259. The number of furan rings is 5. The fourth-order valence-electron chi connectivity index (χ4n) is 11.0. The lowest BCUT2D eigenvalue weighted by atomic mass is 10.1. The Kier molecular flexibility index (Phi) is 31.3. The van der Waals surface area contributed by atoms with Crippen LogP contribution in [0.2, 0.25) is 15.1 Å². The number of carbonyl (C=O) groups is 10. The summed E-state index contributed by atoms with van der Waals surface area (Å²) in [7, 11) is 0. The highest BCUT2D eigenvalue weighted by Gasteiger charge is 2.38. The summed E-state index contributed by atoms with van der Waals surface area (Å²) in [6.45, 7) is 1.75. The summed E-state index contributed by atoms with van der Waals surface area (Å²) in [6.07, 6.45) is 7.80. The number of carbonyl (C=O) groups excluding carboxylic acids is 5. The number of amides is 5. The number of aliphatic hydroxyl groups excluding tert-OH is 1. The number of aryl methyl sites for hydroxylation is 2. The molecule has 6 N–H and O–H groups in total. The van der Waals surface area contributed by atoms with Crippen LogP contribution in [0.5, 0.6) is 0 Å². The largest absolute Gasteiger partial charge is 0.480 e. The second-order valence-corrected chi connectivity index (χ2v) is 35.2. The molecule has 0 bridgehead atoms. The number of aliphatic carboxylic acids is 5. The molecule has 122 heavy (non-hydrogen) atoms. The Morgan fingerprint density at radius 3 is 0.861 bits per heavy atom.